The van der Waals surface area contributed by atoms with Crippen LogP contribution in [0, 0.1) is 0 Å². The van der Waals surface area contributed by atoms with Crippen molar-refractivity contribution in [3.63, 3.8) is 0 Å². The zero-order valence-corrected chi connectivity index (χ0v) is 11.7. The Morgan fingerprint density at radius 3 is 2.47 bits per heavy atom. The van der Waals surface area contributed by atoms with Crippen LogP contribution in [-0.4, -0.2) is 64.6 Å². The topological polar surface area (TPSA) is 108 Å². The van der Waals surface area contributed by atoms with Gasteiger partial charge in [-0.1, -0.05) is 0 Å². The molecule has 1 heterocycles. The van der Waals surface area contributed by atoms with Gasteiger partial charge in [-0.15, -0.1) is 0 Å². The summed E-state index contributed by atoms with van der Waals surface area (Å²) in [6.45, 7) is 4.67. The molecular formula is C12H23NO6. The molecule has 0 bridgehead atoms. The molecule has 0 saturated carbocycles. The molecule has 5 atom stereocenters. The molecule has 4 N–H and O–H groups in total. The van der Waals surface area contributed by atoms with E-state index in [1.54, 1.807) is 6.92 Å². The minimum Gasteiger partial charge on any atom is -0.390 e. The Morgan fingerprint density at radius 2 is 2.00 bits per heavy atom. The van der Waals surface area contributed by atoms with E-state index in [1.807, 2.05) is 0 Å². The Labute approximate surface area is 112 Å². The summed E-state index contributed by atoms with van der Waals surface area (Å²) in [5, 5.41) is 31.8. The Balaban J connectivity index is 2.68. The highest BCUT2D eigenvalue weighted by Crippen LogP contribution is 2.22. The zero-order valence-electron chi connectivity index (χ0n) is 11.7. The predicted molar refractivity (Wildman–Crippen MR) is 66.2 cm³/mol. The number of aliphatic hydroxyl groups excluding tert-OH is 2. The van der Waals surface area contributed by atoms with Gasteiger partial charge in [-0.3, -0.25) is 4.79 Å². The molecule has 0 aromatic rings. The van der Waals surface area contributed by atoms with Crippen molar-refractivity contribution < 1.29 is 29.6 Å². The van der Waals surface area contributed by atoms with E-state index in [-0.39, 0.29) is 6.42 Å². The highest BCUT2D eigenvalue weighted by atomic mass is 16.6. The molecule has 0 unspecified atom stereocenters. The van der Waals surface area contributed by atoms with Gasteiger partial charge in [-0.05, 0) is 20.8 Å². The van der Waals surface area contributed by atoms with Gasteiger partial charge in [0.25, 0.3) is 0 Å². The van der Waals surface area contributed by atoms with Crippen molar-refractivity contribution in [1.29, 1.82) is 0 Å². The number of rotatable bonds is 4. The molecule has 0 radical (unpaired) electrons. The molecule has 0 aromatic carbocycles. The smallest absolute Gasteiger partial charge is 0.223 e. The van der Waals surface area contributed by atoms with E-state index in [0.717, 1.165) is 0 Å². The molecule has 7 heteroatoms. The molecule has 19 heavy (non-hydrogen) atoms. The quantitative estimate of drug-likeness (QED) is 0.511. The molecule has 1 fully saturated rings. The molecule has 112 valence electrons. The maximum Gasteiger partial charge on any atom is 0.223 e. The lowest BCUT2D eigenvalue weighted by Gasteiger charge is -2.41. The minimum absolute atomic E-state index is 0.0941. The number of aliphatic hydroxyl groups is 3. The summed E-state index contributed by atoms with van der Waals surface area (Å²) in [5.74, 6) is -0.404. The van der Waals surface area contributed by atoms with Crippen molar-refractivity contribution in [3.8, 4) is 0 Å². The van der Waals surface area contributed by atoms with Gasteiger partial charge in [0.1, 0.15) is 12.2 Å². The zero-order chi connectivity index (χ0) is 14.8. The van der Waals surface area contributed by atoms with E-state index < -0.39 is 42.2 Å². The summed E-state index contributed by atoms with van der Waals surface area (Å²) in [7, 11) is 1.34. The molecule has 1 aliphatic rings. The largest absolute Gasteiger partial charge is 0.390 e. The average Bonchev–Trinajstić information content (AvgIpc) is 2.22. The summed E-state index contributed by atoms with van der Waals surface area (Å²) in [6, 6.07) is -0.705. The van der Waals surface area contributed by atoms with Crippen LogP contribution in [0.25, 0.3) is 0 Å². The number of hydrogen-bond acceptors (Lipinski definition) is 6. The van der Waals surface area contributed by atoms with Gasteiger partial charge >= 0.3 is 0 Å². The maximum absolute atomic E-state index is 11.8. The van der Waals surface area contributed by atoms with Crippen LogP contribution in [0.2, 0.25) is 0 Å². The Hall–Kier alpha value is -0.730. The molecular weight excluding hydrogens is 254 g/mol. The normalized spacial score (nSPS) is 36.1. The van der Waals surface area contributed by atoms with Crippen LogP contribution < -0.4 is 5.32 Å². The lowest BCUT2D eigenvalue weighted by Crippen LogP contribution is -2.63. The van der Waals surface area contributed by atoms with Crippen LogP contribution in [-0.2, 0) is 14.3 Å². The van der Waals surface area contributed by atoms with Crippen LogP contribution in [0.4, 0.5) is 0 Å². The molecule has 0 aromatic heterocycles. The van der Waals surface area contributed by atoms with Crippen molar-refractivity contribution in [2.45, 2.75) is 63.4 Å². The van der Waals surface area contributed by atoms with Gasteiger partial charge in [-0.2, -0.15) is 0 Å². The Kier molecular flexibility index (Phi) is 5.28. The van der Waals surface area contributed by atoms with E-state index in [9.17, 15) is 20.1 Å². The first-order valence-corrected chi connectivity index (χ1v) is 6.22. The van der Waals surface area contributed by atoms with Crippen molar-refractivity contribution in [2.24, 2.45) is 0 Å². The average molecular weight is 277 g/mol. The first-order chi connectivity index (χ1) is 8.65. The molecule has 1 rings (SSSR count). The van der Waals surface area contributed by atoms with Crippen LogP contribution in [0.1, 0.15) is 27.2 Å². The summed E-state index contributed by atoms with van der Waals surface area (Å²) < 4.78 is 10.1. The lowest BCUT2D eigenvalue weighted by molar-refractivity contribution is -0.259. The van der Waals surface area contributed by atoms with Crippen LogP contribution >= 0.6 is 0 Å². The SMILES string of the molecule is CO[C@@H]1[C@@H](O)[C@H](NC(=O)CC(C)(C)O)[C@@H](C)O[C@@H]1O. The van der Waals surface area contributed by atoms with Gasteiger partial charge in [0.05, 0.1) is 24.2 Å². The summed E-state index contributed by atoms with van der Waals surface area (Å²) >= 11 is 0. The first kappa shape index (κ1) is 16.3. The fraction of sp³-hybridized carbons (Fsp3) is 0.917. The van der Waals surface area contributed by atoms with E-state index >= 15 is 0 Å². The fourth-order valence-corrected chi connectivity index (χ4v) is 2.12. The third-order valence-electron chi connectivity index (χ3n) is 3.04. The second-order valence-corrected chi connectivity index (χ2v) is 5.51. The first-order valence-electron chi connectivity index (χ1n) is 6.22. The van der Waals surface area contributed by atoms with Gasteiger partial charge in [0, 0.05) is 7.11 Å². The highest BCUT2D eigenvalue weighted by molar-refractivity contribution is 5.77. The third kappa shape index (κ3) is 4.39. The Morgan fingerprint density at radius 1 is 1.42 bits per heavy atom. The second kappa shape index (κ2) is 6.15. The molecule has 0 aliphatic carbocycles. The number of nitrogens with one attached hydrogen (secondary N) is 1. The number of ether oxygens (including phenoxy) is 2. The Bertz CT molecular complexity index is 316. The van der Waals surface area contributed by atoms with Gasteiger partial charge in [-0.25, -0.2) is 0 Å². The van der Waals surface area contributed by atoms with Gasteiger partial charge in [0.15, 0.2) is 6.29 Å². The van der Waals surface area contributed by atoms with Crippen LogP contribution in [0.5, 0.6) is 0 Å². The van der Waals surface area contributed by atoms with Crippen molar-refractivity contribution in [1.82, 2.24) is 5.32 Å². The molecule has 1 saturated heterocycles. The second-order valence-electron chi connectivity index (χ2n) is 5.51. The van der Waals surface area contributed by atoms with E-state index in [4.69, 9.17) is 9.47 Å². The fourth-order valence-electron chi connectivity index (χ4n) is 2.12. The summed E-state index contributed by atoms with van der Waals surface area (Å²) in [5.41, 5.74) is -1.13. The third-order valence-corrected chi connectivity index (χ3v) is 3.04. The molecule has 1 amide bonds. The number of carbonyl (C=O) groups is 1. The van der Waals surface area contributed by atoms with Crippen molar-refractivity contribution >= 4 is 5.91 Å². The minimum atomic E-state index is -1.24. The van der Waals surface area contributed by atoms with Gasteiger partial charge < -0.3 is 30.1 Å². The summed E-state index contributed by atoms with van der Waals surface area (Å²) in [6.07, 6.45) is -3.92. The number of amides is 1. The predicted octanol–water partition coefficient (Wildman–Crippen LogP) is -1.25. The number of hydrogen-bond donors (Lipinski definition) is 4. The van der Waals surface area contributed by atoms with E-state index in [1.165, 1.54) is 21.0 Å². The van der Waals surface area contributed by atoms with Crippen molar-refractivity contribution in [3.05, 3.63) is 0 Å². The standard InChI is InChI=1S/C12H23NO6/c1-6-8(13-7(14)5-12(2,3)17)9(15)10(18-4)11(16)19-6/h6,8-11,15-17H,5H2,1-4H3,(H,13,14)/t6-,8-,9+,10-,11+/m1/s1. The van der Waals surface area contributed by atoms with Crippen LogP contribution in [0.15, 0.2) is 0 Å². The summed E-state index contributed by atoms with van der Waals surface area (Å²) in [4.78, 5) is 11.8. The van der Waals surface area contributed by atoms with Crippen molar-refractivity contribution in [2.75, 3.05) is 7.11 Å². The molecule has 1 aliphatic heterocycles. The molecule has 7 nitrogen and oxygen atoms in total. The van der Waals surface area contributed by atoms with E-state index in [2.05, 4.69) is 5.32 Å². The van der Waals surface area contributed by atoms with Gasteiger partial charge in [0.2, 0.25) is 5.91 Å². The lowest BCUT2D eigenvalue weighted by atomic mass is 9.96. The molecule has 0 spiro atoms. The van der Waals surface area contributed by atoms with E-state index in [0.29, 0.717) is 0 Å². The number of carbonyl (C=O) groups excluding carboxylic acids is 1. The highest BCUT2D eigenvalue weighted by Gasteiger charge is 2.43. The monoisotopic (exact) mass is 277 g/mol. The van der Waals surface area contributed by atoms with Crippen LogP contribution in [0.3, 0.4) is 0 Å². The maximum atomic E-state index is 11.8. The number of methoxy groups -OCH3 is 1.